The van der Waals surface area contributed by atoms with Gasteiger partial charge in [0.05, 0.1) is 35.7 Å². The molecular formula is C20H24ClN5O3. The number of hydrogen-bond acceptors (Lipinski definition) is 6. The molecular weight excluding hydrogens is 394 g/mol. The number of hydrogen-bond donors (Lipinski definition) is 0. The maximum absolute atomic E-state index is 13.5. The van der Waals surface area contributed by atoms with E-state index >= 15 is 0 Å². The van der Waals surface area contributed by atoms with Crippen LogP contribution in [0.15, 0.2) is 10.9 Å². The highest BCUT2D eigenvalue weighted by atomic mass is 35.5. The molecule has 0 aromatic carbocycles. The van der Waals surface area contributed by atoms with Crippen molar-refractivity contribution >= 4 is 39.9 Å². The molecule has 2 aromatic rings. The predicted octanol–water partition coefficient (Wildman–Crippen LogP) is 1.15. The molecule has 2 fully saturated rings. The molecule has 2 aromatic heterocycles. The number of nitrogens with zero attached hydrogens (tertiary/aromatic N) is 5. The molecule has 29 heavy (non-hydrogen) atoms. The zero-order chi connectivity index (χ0) is 20.6. The highest BCUT2D eigenvalue weighted by Gasteiger charge is 2.48. The van der Waals surface area contributed by atoms with Gasteiger partial charge in [-0.25, -0.2) is 4.98 Å². The number of rotatable bonds is 1. The van der Waals surface area contributed by atoms with Crippen LogP contribution in [0.25, 0.3) is 11.0 Å². The third kappa shape index (κ3) is 2.55. The Bertz CT molecular complexity index is 1100. The van der Waals surface area contributed by atoms with Gasteiger partial charge in [-0.1, -0.05) is 11.6 Å². The van der Waals surface area contributed by atoms with Crippen molar-refractivity contribution in [1.29, 1.82) is 0 Å². The molecule has 5 heterocycles. The minimum atomic E-state index is -0.348. The number of fused-ring (bicyclic) bond motifs is 5. The van der Waals surface area contributed by atoms with Crippen molar-refractivity contribution < 1.29 is 9.53 Å². The largest absolute Gasteiger partial charge is 0.377 e. The molecule has 1 amide bonds. The van der Waals surface area contributed by atoms with E-state index in [-0.39, 0.29) is 29.6 Å². The van der Waals surface area contributed by atoms with Gasteiger partial charge in [0, 0.05) is 31.6 Å². The molecule has 2 unspecified atom stereocenters. The summed E-state index contributed by atoms with van der Waals surface area (Å²) in [6.45, 7) is 6.10. The lowest BCUT2D eigenvalue weighted by atomic mass is 9.97. The van der Waals surface area contributed by atoms with Crippen molar-refractivity contribution in [1.82, 2.24) is 14.5 Å². The van der Waals surface area contributed by atoms with Gasteiger partial charge in [-0.2, -0.15) is 0 Å². The second-order valence-electron chi connectivity index (χ2n) is 8.34. The number of carbonyl (C=O) groups excluding carboxylic acids is 1. The van der Waals surface area contributed by atoms with E-state index in [1.54, 1.807) is 11.9 Å². The Balaban J connectivity index is 1.86. The third-order valence-electron chi connectivity index (χ3n) is 6.52. The van der Waals surface area contributed by atoms with Crippen LogP contribution in [0.1, 0.15) is 12.6 Å². The number of aromatic nitrogens is 2. The molecule has 0 aliphatic carbocycles. The molecule has 9 heteroatoms. The second kappa shape index (κ2) is 6.42. The van der Waals surface area contributed by atoms with Crippen molar-refractivity contribution in [2.24, 2.45) is 7.05 Å². The summed E-state index contributed by atoms with van der Waals surface area (Å²) in [6, 6.07) is 1.66. The van der Waals surface area contributed by atoms with Gasteiger partial charge in [-0.15, -0.1) is 0 Å². The van der Waals surface area contributed by atoms with Gasteiger partial charge in [-0.05, 0) is 27.0 Å². The molecule has 0 saturated carbocycles. The Labute approximate surface area is 173 Å². The smallest absolute Gasteiger partial charge is 0.278 e. The number of aryl methyl sites for hydroxylation is 2. The highest BCUT2D eigenvalue weighted by Crippen LogP contribution is 2.43. The SMILES string of the molecule is Cc1nc2c(cc1Cl)c1c(c(=O)n2C)N(C2COC2)C(=O)C2CN(C)C(C)CN12. The van der Waals surface area contributed by atoms with Crippen LogP contribution in [0.3, 0.4) is 0 Å². The van der Waals surface area contributed by atoms with Gasteiger partial charge in [-0.3, -0.25) is 24.0 Å². The standard InChI is InChI=1S/C20H24ClN5O3/c1-10-6-25-15(7-23(10)3)19(27)26(12-8-29-9-12)17-16(25)13-5-14(21)11(2)22-18(13)24(4)20(17)28/h5,10,12,15H,6-9H2,1-4H3. The van der Waals surface area contributed by atoms with Gasteiger partial charge in [0.25, 0.3) is 11.5 Å². The fourth-order valence-electron chi connectivity index (χ4n) is 4.56. The Morgan fingerprint density at radius 1 is 1.17 bits per heavy atom. The summed E-state index contributed by atoms with van der Waals surface area (Å²) in [5.41, 5.74) is 2.24. The first-order valence-corrected chi connectivity index (χ1v) is 10.2. The van der Waals surface area contributed by atoms with Crippen LogP contribution < -0.4 is 15.4 Å². The van der Waals surface area contributed by atoms with Crippen molar-refractivity contribution in [3.8, 4) is 0 Å². The lowest BCUT2D eigenvalue weighted by Gasteiger charge is -2.52. The molecule has 5 rings (SSSR count). The van der Waals surface area contributed by atoms with Crippen molar-refractivity contribution in [3.05, 3.63) is 27.1 Å². The van der Waals surface area contributed by atoms with Crippen molar-refractivity contribution in [3.63, 3.8) is 0 Å². The maximum Gasteiger partial charge on any atom is 0.278 e. The van der Waals surface area contributed by atoms with Crippen molar-refractivity contribution in [2.45, 2.75) is 32.0 Å². The molecule has 2 saturated heterocycles. The minimum Gasteiger partial charge on any atom is -0.377 e. The lowest BCUT2D eigenvalue weighted by Crippen LogP contribution is -2.68. The van der Waals surface area contributed by atoms with E-state index in [2.05, 4.69) is 21.7 Å². The Hall–Kier alpha value is -2.16. The molecule has 154 valence electrons. The summed E-state index contributed by atoms with van der Waals surface area (Å²) < 4.78 is 6.88. The summed E-state index contributed by atoms with van der Waals surface area (Å²) >= 11 is 6.44. The average molecular weight is 418 g/mol. The van der Waals surface area contributed by atoms with E-state index < -0.39 is 0 Å². The van der Waals surface area contributed by atoms with Crippen LogP contribution in [-0.4, -0.2) is 71.8 Å². The number of piperazine rings is 1. The first kappa shape index (κ1) is 18.8. The quantitative estimate of drug-likeness (QED) is 0.693. The van der Waals surface area contributed by atoms with E-state index in [1.165, 1.54) is 4.57 Å². The van der Waals surface area contributed by atoms with Gasteiger partial charge >= 0.3 is 0 Å². The lowest BCUT2D eigenvalue weighted by molar-refractivity contribution is -0.124. The molecule has 8 nitrogen and oxygen atoms in total. The summed E-state index contributed by atoms with van der Waals surface area (Å²) in [7, 11) is 3.73. The molecule has 0 N–H and O–H groups in total. The third-order valence-corrected chi connectivity index (χ3v) is 6.90. The second-order valence-corrected chi connectivity index (χ2v) is 8.75. The molecule has 0 radical (unpaired) electrons. The number of ether oxygens (including phenoxy) is 1. The zero-order valence-corrected chi connectivity index (χ0v) is 17.7. The number of anilines is 2. The van der Waals surface area contributed by atoms with Crippen LogP contribution in [-0.2, 0) is 16.6 Å². The number of likely N-dealkylation sites (N-methyl/N-ethyl adjacent to an activating group) is 1. The summed E-state index contributed by atoms with van der Waals surface area (Å²) in [5, 5.41) is 1.35. The van der Waals surface area contributed by atoms with E-state index in [9.17, 15) is 9.59 Å². The van der Waals surface area contributed by atoms with Crippen LogP contribution in [0, 0.1) is 6.92 Å². The number of halogens is 1. The van der Waals surface area contributed by atoms with Crippen LogP contribution in [0.4, 0.5) is 11.4 Å². The first-order valence-electron chi connectivity index (χ1n) is 9.87. The Morgan fingerprint density at radius 3 is 2.55 bits per heavy atom. The van der Waals surface area contributed by atoms with E-state index in [0.29, 0.717) is 48.4 Å². The number of amides is 1. The average Bonchev–Trinajstić information content (AvgIpc) is 2.64. The van der Waals surface area contributed by atoms with Gasteiger partial charge in [0.2, 0.25) is 0 Å². The van der Waals surface area contributed by atoms with E-state index in [0.717, 1.165) is 11.1 Å². The topological polar surface area (TPSA) is 70.9 Å². The van der Waals surface area contributed by atoms with Gasteiger partial charge in [0.15, 0.2) is 0 Å². The predicted molar refractivity (Wildman–Crippen MR) is 112 cm³/mol. The summed E-state index contributed by atoms with van der Waals surface area (Å²) in [4.78, 5) is 37.6. The Kier molecular flexibility index (Phi) is 4.17. The van der Waals surface area contributed by atoms with Crippen molar-refractivity contribution in [2.75, 3.05) is 43.2 Å². The molecule has 2 atom stereocenters. The number of carbonyl (C=O) groups is 1. The molecule has 3 aliphatic rings. The van der Waals surface area contributed by atoms with Crippen LogP contribution >= 0.6 is 11.6 Å². The van der Waals surface area contributed by atoms with E-state index in [4.69, 9.17) is 16.3 Å². The van der Waals surface area contributed by atoms with Gasteiger partial charge < -0.3 is 9.64 Å². The number of pyridine rings is 2. The van der Waals surface area contributed by atoms with Crippen LogP contribution in [0.5, 0.6) is 0 Å². The minimum absolute atomic E-state index is 0.0350. The summed E-state index contributed by atoms with van der Waals surface area (Å²) in [6.07, 6.45) is 0. The fourth-order valence-corrected chi connectivity index (χ4v) is 4.71. The van der Waals surface area contributed by atoms with E-state index in [1.807, 2.05) is 20.0 Å². The monoisotopic (exact) mass is 417 g/mol. The van der Waals surface area contributed by atoms with Crippen LogP contribution in [0.2, 0.25) is 5.02 Å². The molecule has 0 spiro atoms. The fraction of sp³-hybridized carbons (Fsp3) is 0.550. The highest BCUT2D eigenvalue weighted by molar-refractivity contribution is 6.32. The molecule has 3 aliphatic heterocycles. The maximum atomic E-state index is 13.5. The molecule has 0 bridgehead atoms. The summed E-state index contributed by atoms with van der Waals surface area (Å²) in [5.74, 6) is -0.0350. The van der Waals surface area contributed by atoms with Gasteiger partial charge in [0.1, 0.15) is 17.4 Å². The zero-order valence-electron chi connectivity index (χ0n) is 17.0. The first-order chi connectivity index (χ1) is 13.8. The normalized spacial score (nSPS) is 25.2. The Morgan fingerprint density at radius 2 is 1.90 bits per heavy atom.